The molecule has 0 radical (unpaired) electrons. The van der Waals surface area contributed by atoms with Crippen LogP contribution in [0.15, 0.2) is 30.3 Å². The van der Waals surface area contributed by atoms with Crippen LogP contribution in [0.2, 0.25) is 0 Å². The van der Waals surface area contributed by atoms with Crippen molar-refractivity contribution in [3.63, 3.8) is 0 Å². The maximum absolute atomic E-state index is 2.75. The van der Waals surface area contributed by atoms with Gasteiger partial charge in [0, 0.05) is 18.8 Å². The first-order chi connectivity index (χ1) is 6.79. The fourth-order valence-electron chi connectivity index (χ4n) is 1.23. The molecule has 1 N–H and O–H groups in total. The van der Waals surface area contributed by atoms with Gasteiger partial charge in [-0.3, -0.25) is 0 Å². The third kappa shape index (κ3) is 4.87. The van der Waals surface area contributed by atoms with Gasteiger partial charge in [0.25, 0.3) is 0 Å². The highest BCUT2D eigenvalue weighted by molar-refractivity contribution is 5.45. The van der Waals surface area contributed by atoms with Crippen LogP contribution in [0.5, 0.6) is 0 Å². The molecule has 0 saturated carbocycles. The maximum atomic E-state index is 2.75. The lowest BCUT2D eigenvalue weighted by molar-refractivity contribution is 0.866. The molecular weight excluding hydrogens is 172 g/mol. The lowest BCUT2D eigenvalue weighted by atomic mass is 10.3. The van der Waals surface area contributed by atoms with Gasteiger partial charge in [0.2, 0.25) is 0 Å². The molecule has 80 valence electrons. The van der Waals surface area contributed by atoms with Gasteiger partial charge in [-0.15, -0.1) is 0 Å². The molecule has 0 unspecified atom stereocenters. The fourth-order valence-corrected chi connectivity index (χ4v) is 1.23. The molecule has 0 aliphatic rings. The number of hydrogen-bond donors (Lipinski definition) is 1. The summed E-state index contributed by atoms with van der Waals surface area (Å²) in [6.45, 7) is 6.52. The molecule has 1 rings (SSSR count). The smallest absolute Gasteiger partial charge is 0.0365 e. The van der Waals surface area contributed by atoms with E-state index >= 15 is 0 Å². The standard InChI is InChI=1S/C10H15N.C2H7N/c1-3-11(4-2)10-8-6-5-7-9-10;1-3-2/h5-9H,3-4H2,1-2H3;3H,1-2H3. The molecule has 0 aromatic heterocycles. The summed E-state index contributed by atoms with van der Waals surface area (Å²) in [7, 11) is 3.75. The Balaban J connectivity index is 0.000000500. The number of hydrogen-bond acceptors (Lipinski definition) is 2. The molecule has 2 nitrogen and oxygen atoms in total. The van der Waals surface area contributed by atoms with Gasteiger partial charge in [0.15, 0.2) is 0 Å². The molecule has 0 heterocycles. The van der Waals surface area contributed by atoms with Crippen molar-refractivity contribution in [3.8, 4) is 0 Å². The molecule has 2 heteroatoms. The van der Waals surface area contributed by atoms with Gasteiger partial charge in [-0.05, 0) is 40.1 Å². The van der Waals surface area contributed by atoms with E-state index in [9.17, 15) is 0 Å². The summed E-state index contributed by atoms with van der Waals surface area (Å²) in [5.74, 6) is 0. The van der Waals surface area contributed by atoms with Crippen LogP contribution in [0.1, 0.15) is 13.8 Å². The minimum absolute atomic E-state index is 1.08. The van der Waals surface area contributed by atoms with Gasteiger partial charge < -0.3 is 10.2 Å². The van der Waals surface area contributed by atoms with Gasteiger partial charge in [-0.2, -0.15) is 0 Å². The largest absolute Gasteiger partial charge is 0.372 e. The summed E-state index contributed by atoms with van der Waals surface area (Å²) in [6.07, 6.45) is 0. The predicted octanol–water partition coefficient (Wildman–Crippen LogP) is 2.37. The Bertz CT molecular complexity index is 205. The summed E-state index contributed by atoms with van der Waals surface area (Å²) in [5, 5.41) is 2.75. The van der Waals surface area contributed by atoms with Crippen molar-refractivity contribution in [1.29, 1.82) is 0 Å². The Morgan fingerprint density at radius 2 is 1.43 bits per heavy atom. The number of benzene rings is 1. The van der Waals surface area contributed by atoms with Crippen molar-refractivity contribution in [2.45, 2.75) is 13.8 Å². The van der Waals surface area contributed by atoms with E-state index in [1.807, 2.05) is 20.2 Å². The number of rotatable bonds is 3. The van der Waals surface area contributed by atoms with Crippen molar-refractivity contribution >= 4 is 5.69 Å². The lowest BCUT2D eigenvalue weighted by Crippen LogP contribution is -2.21. The molecule has 1 aromatic carbocycles. The summed E-state index contributed by atoms with van der Waals surface area (Å²) in [5.41, 5.74) is 1.32. The number of para-hydroxylation sites is 1. The second-order valence-electron chi connectivity index (χ2n) is 3.01. The first-order valence-electron chi connectivity index (χ1n) is 5.18. The second kappa shape index (κ2) is 8.57. The summed E-state index contributed by atoms with van der Waals surface area (Å²) in [4.78, 5) is 2.33. The summed E-state index contributed by atoms with van der Waals surface area (Å²) < 4.78 is 0. The van der Waals surface area contributed by atoms with E-state index < -0.39 is 0 Å². The number of nitrogens with zero attached hydrogens (tertiary/aromatic N) is 1. The van der Waals surface area contributed by atoms with Crippen LogP contribution >= 0.6 is 0 Å². The molecule has 0 bridgehead atoms. The van der Waals surface area contributed by atoms with Gasteiger partial charge in [-0.1, -0.05) is 18.2 Å². The molecule has 0 amide bonds. The minimum atomic E-state index is 1.08. The van der Waals surface area contributed by atoms with E-state index in [4.69, 9.17) is 0 Å². The summed E-state index contributed by atoms with van der Waals surface area (Å²) >= 11 is 0. The minimum Gasteiger partial charge on any atom is -0.372 e. The van der Waals surface area contributed by atoms with Gasteiger partial charge >= 0.3 is 0 Å². The van der Waals surface area contributed by atoms with Gasteiger partial charge in [0.05, 0.1) is 0 Å². The highest BCUT2D eigenvalue weighted by Crippen LogP contribution is 2.11. The zero-order valence-corrected chi connectivity index (χ0v) is 9.75. The second-order valence-corrected chi connectivity index (χ2v) is 3.01. The molecule has 0 aliphatic carbocycles. The van der Waals surface area contributed by atoms with Gasteiger partial charge in [-0.25, -0.2) is 0 Å². The van der Waals surface area contributed by atoms with Crippen molar-refractivity contribution < 1.29 is 0 Å². The van der Waals surface area contributed by atoms with Crippen molar-refractivity contribution in [1.82, 2.24) is 5.32 Å². The average molecular weight is 194 g/mol. The van der Waals surface area contributed by atoms with Crippen molar-refractivity contribution in [2.75, 3.05) is 32.1 Å². The zero-order chi connectivity index (χ0) is 10.8. The van der Waals surface area contributed by atoms with Crippen molar-refractivity contribution in [2.24, 2.45) is 0 Å². The third-order valence-corrected chi connectivity index (χ3v) is 1.88. The van der Waals surface area contributed by atoms with E-state index in [1.165, 1.54) is 5.69 Å². The van der Waals surface area contributed by atoms with E-state index in [0.29, 0.717) is 0 Å². The molecule has 14 heavy (non-hydrogen) atoms. The van der Waals surface area contributed by atoms with Crippen molar-refractivity contribution in [3.05, 3.63) is 30.3 Å². The molecule has 1 aromatic rings. The Hall–Kier alpha value is -1.02. The quantitative estimate of drug-likeness (QED) is 0.794. The van der Waals surface area contributed by atoms with E-state index in [-0.39, 0.29) is 0 Å². The number of nitrogens with one attached hydrogen (secondary N) is 1. The number of anilines is 1. The lowest BCUT2D eigenvalue weighted by Gasteiger charge is -2.20. The van der Waals surface area contributed by atoms with Crippen LogP contribution in [0.25, 0.3) is 0 Å². The van der Waals surface area contributed by atoms with E-state index in [2.05, 4.69) is 48.3 Å². The monoisotopic (exact) mass is 194 g/mol. The van der Waals surface area contributed by atoms with Crippen LogP contribution in [-0.4, -0.2) is 27.2 Å². The highest BCUT2D eigenvalue weighted by Gasteiger charge is 1.97. The molecule has 0 fully saturated rings. The Morgan fingerprint density at radius 1 is 1.00 bits per heavy atom. The normalized spacial score (nSPS) is 8.86. The van der Waals surface area contributed by atoms with Gasteiger partial charge in [0.1, 0.15) is 0 Å². The first kappa shape index (κ1) is 13.0. The average Bonchev–Trinajstić information content (AvgIpc) is 2.22. The topological polar surface area (TPSA) is 15.3 Å². The Morgan fingerprint density at radius 3 is 1.79 bits per heavy atom. The summed E-state index contributed by atoms with van der Waals surface area (Å²) in [6, 6.07) is 10.5. The Labute approximate surface area is 87.9 Å². The van der Waals surface area contributed by atoms with Crippen LogP contribution in [0.4, 0.5) is 5.69 Å². The molecule has 0 atom stereocenters. The van der Waals surface area contributed by atoms with Crippen LogP contribution in [0.3, 0.4) is 0 Å². The SMILES string of the molecule is CCN(CC)c1ccccc1.CNC. The Kier molecular flexibility index (Phi) is 7.95. The predicted molar refractivity (Wildman–Crippen MR) is 65.0 cm³/mol. The third-order valence-electron chi connectivity index (χ3n) is 1.88. The molecule has 0 saturated heterocycles. The molecular formula is C12H22N2. The zero-order valence-electron chi connectivity index (χ0n) is 9.75. The van der Waals surface area contributed by atoms with E-state index in [0.717, 1.165) is 13.1 Å². The molecule has 0 spiro atoms. The molecule has 0 aliphatic heterocycles. The fraction of sp³-hybridized carbons (Fsp3) is 0.500. The maximum Gasteiger partial charge on any atom is 0.0365 e. The van der Waals surface area contributed by atoms with Crippen LogP contribution < -0.4 is 10.2 Å². The van der Waals surface area contributed by atoms with Crippen LogP contribution in [-0.2, 0) is 0 Å². The van der Waals surface area contributed by atoms with Crippen LogP contribution in [0, 0.1) is 0 Å². The van der Waals surface area contributed by atoms with E-state index in [1.54, 1.807) is 0 Å². The first-order valence-corrected chi connectivity index (χ1v) is 5.18. The highest BCUT2D eigenvalue weighted by atomic mass is 15.1.